The second-order valence-electron chi connectivity index (χ2n) is 4.72. The fourth-order valence-corrected chi connectivity index (χ4v) is 3.14. The van der Waals surface area contributed by atoms with Crippen LogP contribution in [0.15, 0.2) is 29.6 Å². The third kappa shape index (κ3) is 3.10. The molecule has 5 nitrogen and oxygen atoms in total. The van der Waals surface area contributed by atoms with Gasteiger partial charge in [-0.2, -0.15) is 9.78 Å². The van der Waals surface area contributed by atoms with Crippen molar-refractivity contribution in [2.75, 3.05) is 7.11 Å². The molecule has 23 heavy (non-hydrogen) atoms. The summed E-state index contributed by atoms with van der Waals surface area (Å²) in [7, 11) is 1.33. The highest BCUT2D eigenvalue weighted by atomic mass is 35.5. The molecule has 0 aliphatic rings. The summed E-state index contributed by atoms with van der Waals surface area (Å²) in [6.45, 7) is 1.80. The summed E-state index contributed by atoms with van der Waals surface area (Å²) in [6, 6.07) is 6.96. The molecule has 0 aliphatic heterocycles. The van der Waals surface area contributed by atoms with E-state index >= 15 is 0 Å². The van der Waals surface area contributed by atoms with E-state index in [1.807, 2.05) is 11.4 Å². The molecule has 0 unspecified atom stereocenters. The van der Waals surface area contributed by atoms with E-state index in [4.69, 9.17) is 27.9 Å². The number of benzene rings is 1. The number of halogens is 2. The van der Waals surface area contributed by atoms with Gasteiger partial charge in [-0.05, 0) is 25.1 Å². The fourth-order valence-electron chi connectivity index (χ4n) is 2.04. The standard InChI is InChI=1S/C15H11Cl2N3O2S/c1-8-5-13(14(21)22-2)20(19-8)15-18-12(7-23-15)9-3-4-10(16)11(17)6-9/h3-7H,1-2H3. The van der Waals surface area contributed by atoms with Gasteiger partial charge in [0, 0.05) is 10.9 Å². The molecule has 3 aromatic rings. The molecule has 118 valence electrons. The molecule has 0 fully saturated rings. The van der Waals surface area contributed by atoms with Crippen molar-refractivity contribution in [3.05, 3.63) is 51.1 Å². The number of esters is 1. The molecule has 0 spiro atoms. The Bertz CT molecular complexity index is 889. The van der Waals surface area contributed by atoms with E-state index in [1.165, 1.54) is 23.1 Å². The lowest BCUT2D eigenvalue weighted by molar-refractivity contribution is 0.0590. The number of aryl methyl sites for hydroxylation is 1. The minimum atomic E-state index is -0.461. The van der Waals surface area contributed by atoms with Crippen molar-refractivity contribution in [1.82, 2.24) is 14.8 Å². The van der Waals surface area contributed by atoms with Gasteiger partial charge in [0.1, 0.15) is 0 Å². The van der Waals surface area contributed by atoms with Crippen LogP contribution >= 0.6 is 34.5 Å². The Labute approximate surface area is 146 Å². The lowest BCUT2D eigenvalue weighted by atomic mass is 10.2. The molecule has 2 heterocycles. The van der Waals surface area contributed by atoms with Gasteiger partial charge in [0.05, 0.1) is 28.5 Å². The molecule has 0 saturated heterocycles. The third-order valence-corrected chi connectivity index (χ3v) is 4.67. The van der Waals surface area contributed by atoms with Crippen LogP contribution in [0.3, 0.4) is 0 Å². The average Bonchev–Trinajstić information content (AvgIpc) is 3.15. The quantitative estimate of drug-likeness (QED) is 0.643. The predicted octanol–water partition coefficient (Wildman–Crippen LogP) is 4.40. The van der Waals surface area contributed by atoms with E-state index < -0.39 is 5.97 Å². The van der Waals surface area contributed by atoms with Gasteiger partial charge >= 0.3 is 5.97 Å². The Morgan fingerprint density at radius 3 is 2.74 bits per heavy atom. The van der Waals surface area contributed by atoms with Crippen LogP contribution in [0.2, 0.25) is 10.0 Å². The van der Waals surface area contributed by atoms with E-state index in [0.29, 0.717) is 26.6 Å². The molecule has 0 aliphatic carbocycles. The largest absolute Gasteiger partial charge is 0.464 e. The molecule has 2 aromatic heterocycles. The van der Waals surface area contributed by atoms with Crippen LogP contribution in [0.25, 0.3) is 16.4 Å². The zero-order valence-corrected chi connectivity index (χ0v) is 14.5. The van der Waals surface area contributed by atoms with Crippen molar-refractivity contribution in [1.29, 1.82) is 0 Å². The average molecular weight is 368 g/mol. The summed E-state index contributed by atoms with van der Waals surface area (Å²) in [5, 5.41) is 7.69. The lowest BCUT2D eigenvalue weighted by Gasteiger charge is -2.02. The molecule has 0 atom stereocenters. The van der Waals surface area contributed by atoms with Gasteiger partial charge in [0.15, 0.2) is 5.69 Å². The number of methoxy groups -OCH3 is 1. The van der Waals surface area contributed by atoms with Gasteiger partial charge in [-0.25, -0.2) is 9.78 Å². The fraction of sp³-hybridized carbons (Fsp3) is 0.133. The Morgan fingerprint density at radius 2 is 2.04 bits per heavy atom. The van der Waals surface area contributed by atoms with Crippen LogP contribution in [-0.4, -0.2) is 27.8 Å². The van der Waals surface area contributed by atoms with Crippen molar-refractivity contribution >= 4 is 40.5 Å². The van der Waals surface area contributed by atoms with E-state index in [-0.39, 0.29) is 0 Å². The lowest BCUT2D eigenvalue weighted by Crippen LogP contribution is -2.10. The van der Waals surface area contributed by atoms with E-state index in [9.17, 15) is 4.79 Å². The van der Waals surface area contributed by atoms with Crippen LogP contribution < -0.4 is 0 Å². The number of hydrogen-bond donors (Lipinski definition) is 0. The third-order valence-electron chi connectivity index (χ3n) is 3.11. The first kappa shape index (κ1) is 16.0. The van der Waals surface area contributed by atoms with Crippen molar-refractivity contribution in [3.8, 4) is 16.4 Å². The first-order chi connectivity index (χ1) is 11.0. The molecule has 1 aromatic carbocycles. The summed E-state index contributed by atoms with van der Waals surface area (Å²) in [6.07, 6.45) is 0. The van der Waals surface area contributed by atoms with Gasteiger partial charge in [-0.3, -0.25) is 0 Å². The number of carbonyl (C=O) groups is 1. The van der Waals surface area contributed by atoms with Crippen molar-refractivity contribution < 1.29 is 9.53 Å². The second-order valence-corrected chi connectivity index (χ2v) is 6.37. The van der Waals surface area contributed by atoms with E-state index in [0.717, 1.165) is 11.3 Å². The van der Waals surface area contributed by atoms with E-state index in [1.54, 1.807) is 25.1 Å². The van der Waals surface area contributed by atoms with Crippen LogP contribution in [0.4, 0.5) is 0 Å². The monoisotopic (exact) mass is 367 g/mol. The Hall–Kier alpha value is -1.89. The SMILES string of the molecule is COC(=O)c1cc(C)nn1-c1nc(-c2ccc(Cl)c(Cl)c2)cs1. The van der Waals surface area contributed by atoms with Crippen LogP contribution in [0.5, 0.6) is 0 Å². The Balaban J connectivity index is 2.02. The van der Waals surface area contributed by atoms with Crippen molar-refractivity contribution in [2.24, 2.45) is 0 Å². The van der Waals surface area contributed by atoms with Crippen LogP contribution in [-0.2, 0) is 4.74 Å². The number of rotatable bonds is 3. The minimum absolute atomic E-state index is 0.333. The summed E-state index contributed by atoms with van der Waals surface area (Å²) in [5.74, 6) is -0.461. The molecule has 0 radical (unpaired) electrons. The van der Waals surface area contributed by atoms with Gasteiger partial charge < -0.3 is 4.74 Å². The first-order valence-electron chi connectivity index (χ1n) is 6.56. The maximum atomic E-state index is 11.8. The molecule has 8 heteroatoms. The molecule has 0 bridgehead atoms. The Kier molecular flexibility index (Phi) is 4.39. The topological polar surface area (TPSA) is 57.0 Å². The highest BCUT2D eigenvalue weighted by Gasteiger charge is 2.18. The van der Waals surface area contributed by atoms with Gasteiger partial charge in [0.2, 0.25) is 5.13 Å². The zero-order chi connectivity index (χ0) is 16.6. The normalized spacial score (nSPS) is 10.8. The first-order valence-corrected chi connectivity index (χ1v) is 8.19. The second kappa shape index (κ2) is 6.31. The summed E-state index contributed by atoms with van der Waals surface area (Å²) in [5.41, 5.74) is 2.61. The summed E-state index contributed by atoms with van der Waals surface area (Å²) < 4.78 is 6.26. The molecule has 0 N–H and O–H groups in total. The number of thiazole rings is 1. The molecular weight excluding hydrogens is 357 g/mol. The number of nitrogens with zero attached hydrogens (tertiary/aromatic N) is 3. The number of carbonyl (C=O) groups excluding carboxylic acids is 1. The number of ether oxygens (including phenoxy) is 1. The summed E-state index contributed by atoms with van der Waals surface area (Å²) >= 11 is 13.3. The molecule has 0 amide bonds. The molecular formula is C15H11Cl2N3O2S. The van der Waals surface area contributed by atoms with E-state index in [2.05, 4.69) is 10.1 Å². The summed E-state index contributed by atoms with van der Waals surface area (Å²) in [4.78, 5) is 16.4. The Morgan fingerprint density at radius 1 is 1.26 bits per heavy atom. The van der Waals surface area contributed by atoms with Crippen LogP contribution in [0, 0.1) is 6.92 Å². The maximum Gasteiger partial charge on any atom is 0.356 e. The number of hydrogen-bond acceptors (Lipinski definition) is 5. The number of aromatic nitrogens is 3. The van der Waals surface area contributed by atoms with Gasteiger partial charge in [-0.1, -0.05) is 29.3 Å². The maximum absolute atomic E-state index is 11.8. The molecule has 0 saturated carbocycles. The highest BCUT2D eigenvalue weighted by molar-refractivity contribution is 7.12. The smallest absolute Gasteiger partial charge is 0.356 e. The minimum Gasteiger partial charge on any atom is -0.464 e. The van der Waals surface area contributed by atoms with Crippen LogP contribution in [0.1, 0.15) is 16.2 Å². The van der Waals surface area contributed by atoms with Crippen molar-refractivity contribution in [2.45, 2.75) is 6.92 Å². The zero-order valence-electron chi connectivity index (χ0n) is 12.2. The van der Waals surface area contributed by atoms with Gasteiger partial charge in [-0.15, -0.1) is 11.3 Å². The highest BCUT2D eigenvalue weighted by Crippen LogP contribution is 2.30. The van der Waals surface area contributed by atoms with Gasteiger partial charge in [0.25, 0.3) is 0 Å². The predicted molar refractivity (Wildman–Crippen MR) is 90.8 cm³/mol. The van der Waals surface area contributed by atoms with Crippen molar-refractivity contribution in [3.63, 3.8) is 0 Å². The molecule has 3 rings (SSSR count).